The number of ether oxygens (including phenoxy) is 1. The Labute approximate surface area is 121 Å². The number of thiophene rings is 1. The molecule has 1 rings (SSSR count). The first kappa shape index (κ1) is 15.1. The first-order valence-electron chi connectivity index (χ1n) is 5.10. The van der Waals surface area contributed by atoms with Crippen LogP contribution in [0.25, 0.3) is 0 Å². The SMILES string of the molecule is CCOC(=O)C(C)(C)C(O)c1cc(Br)c(Br)s1. The Bertz CT molecular complexity index is 395. The molecule has 0 radical (unpaired) electrons. The molecule has 0 aliphatic rings. The first-order chi connectivity index (χ1) is 7.80. The van der Waals surface area contributed by atoms with Crippen molar-refractivity contribution in [3.63, 3.8) is 0 Å². The van der Waals surface area contributed by atoms with Crippen LogP contribution in [-0.4, -0.2) is 17.7 Å². The normalized spacial score (nSPS) is 13.5. The monoisotopic (exact) mass is 384 g/mol. The third-order valence-corrected chi connectivity index (χ3v) is 5.73. The molecule has 0 aliphatic carbocycles. The second kappa shape index (κ2) is 5.82. The highest BCUT2D eigenvalue weighted by molar-refractivity contribution is 9.13. The van der Waals surface area contributed by atoms with Crippen LogP contribution in [0.4, 0.5) is 0 Å². The van der Waals surface area contributed by atoms with Crippen molar-refractivity contribution in [1.29, 1.82) is 0 Å². The Balaban J connectivity index is 2.95. The molecule has 17 heavy (non-hydrogen) atoms. The van der Waals surface area contributed by atoms with Crippen LogP contribution in [0.2, 0.25) is 0 Å². The molecule has 0 spiro atoms. The lowest BCUT2D eigenvalue weighted by molar-refractivity contribution is -0.160. The van der Waals surface area contributed by atoms with E-state index < -0.39 is 17.5 Å². The molecule has 1 unspecified atom stereocenters. The molecule has 1 N–H and O–H groups in total. The van der Waals surface area contributed by atoms with E-state index in [9.17, 15) is 9.90 Å². The molecule has 0 bridgehead atoms. The average molecular weight is 386 g/mol. The summed E-state index contributed by atoms with van der Waals surface area (Å²) < 4.78 is 6.73. The number of carbonyl (C=O) groups is 1. The third-order valence-electron chi connectivity index (χ3n) is 2.42. The van der Waals surface area contributed by atoms with E-state index >= 15 is 0 Å². The van der Waals surface area contributed by atoms with Crippen LogP contribution in [0, 0.1) is 5.41 Å². The summed E-state index contributed by atoms with van der Waals surface area (Å²) in [5, 5.41) is 10.3. The zero-order valence-electron chi connectivity index (χ0n) is 9.79. The van der Waals surface area contributed by atoms with Gasteiger partial charge in [-0.2, -0.15) is 0 Å². The van der Waals surface area contributed by atoms with Crippen molar-refractivity contribution in [3.8, 4) is 0 Å². The van der Waals surface area contributed by atoms with Crippen LogP contribution in [0.1, 0.15) is 31.8 Å². The van der Waals surface area contributed by atoms with E-state index in [1.54, 1.807) is 26.8 Å². The van der Waals surface area contributed by atoms with Crippen molar-refractivity contribution < 1.29 is 14.6 Å². The van der Waals surface area contributed by atoms with E-state index in [0.29, 0.717) is 6.61 Å². The lowest BCUT2D eigenvalue weighted by Crippen LogP contribution is -2.32. The molecule has 96 valence electrons. The van der Waals surface area contributed by atoms with Crippen LogP contribution in [0.5, 0.6) is 0 Å². The van der Waals surface area contributed by atoms with Gasteiger partial charge in [-0.3, -0.25) is 4.79 Å². The quantitative estimate of drug-likeness (QED) is 0.799. The fraction of sp³-hybridized carbons (Fsp3) is 0.545. The summed E-state index contributed by atoms with van der Waals surface area (Å²) >= 11 is 8.12. The number of rotatable bonds is 4. The standard InChI is InChI=1S/C11H14Br2O3S/c1-4-16-10(15)11(2,3)8(14)7-5-6(12)9(13)17-7/h5,8,14H,4H2,1-3H3. The molecule has 1 heterocycles. The summed E-state index contributed by atoms with van der Waals surface area (Å²) in [4.78, 5) is 12.5. The Morgan fingerprint density at radius 1 is 1.59 bits per heavy atom. The highest BCUT2D eigenvalue weighted by Crippen LogP contribution is 2.42. The van der Waals surface area contributed by atoms with Gasteiger partial charge in [0.2, 0.25) is 0 Å². The Kier molecular flexibility index (Phi) is 5.19. The number of aliphatic hydroxyl groups excluding tert-OH is 1. The molecule has 1 aromatic rings. The van der Waals surface area contributed by atoms with E-state index in [2.05, 4.69) is 31.9 Å². The zero-order valence-corrected chi connectivity index (χ0v) is 13.8. The Hall–Kier alpha value is 0.0900. The van der Waals surface area contributed by atoms with Crippen molar-refractivity contribution in [2.75, 3.05) is 6.61 Å². The minimum Gasteiger partial charge on any atom is -0.465 e. The van der Waals surface area contributed by atoms with Gasteiger partial charge in [0, 0.05) is 9.35 Å². The van der Waals surface area contributed by atoms with Crippen molar-refractivity contribution >= 4 is 49.2 Å². The fourth-order valence-corrected chi connectivity index (χ4v) is 3.54. The highest BCUT2D eigenvalue weighted by atomic mass is 79.9. The number of esters is 1. The Morgan fingerprint density at radius 2 is 2.18 bits per heavy atom. The molecule has 6 heteroatoms. The van der Waals surface area contributed by atoms with Gasteiger partial charge in [-0.25, -0.2) is 0 Å². The predicted octanol–water partition coefficient (Wildman–Crippen LogP) is 3.90. The van der Waals surface area contributed by atoms with Gasteiger partial charge in [0.05, 0.1) is 15.8 Å². The largest absolute Gasteiger partial charge is 0.465 e. The van der Waals surface area contributed by atoms with Crippen molar-refractivity contribution in [2.45, 2.75) is 26.9 Å². The van der Waals surface area contributed by atoms with Crippen LogP contribution in [0.3, 0.4) is 0 Å². The number of halogens is 2. The van der Waals surface area contributed by atoms with E-state index in [-0.39, 0.29) is 0 Å². The maximum Gasteiger partial charge on any atom is 0.314 e. The molecule has 0 aliphatic heterocycles. The summed E-state index contributed by atoms with van der Waals surface area (Å²) in [6.45, 7) is 5.42. The molecule has 0 saturated carbocycles. The molecule has 0 saturated heterocycles. The van der Waals surface area contributed by atoms with Crippen LogP contribution < -0.4 is 0 Å². The van der Waals surface area contributed by atoms with Gasteiger partial charge in [0.15, 0.2) is 0 Å². The fourth-order valence-electron chi connectivity index (χ4n) is 1.28. The van der Waals surface area contributed by atoms with Gasteiger partial charge in [0.1, 0.15) is 6.10 Å². The van der Waals surface area contributed by atoms with Gasteiger partial charge < -0.3 is 9.84 Å². The summed E-state index contributed by atoms with van der Waals surface area (Å²) in [6.07, 6.45) is -0.880. The van der Waals surface area contributed by atoms with E-state index in [4.69, 9.17) is 4.74 Å². The molecule has 0 aromatic carbocycles. The molecule has 3 nitrogen and oxygen atoms in total. The molecule has 0 fully saturated rings. The molecular formula is C11H14Br2O3S. The average Bonchev–Trinajstić information content (AvgIpc) is 2.58. The second-order valence-corrected chi connectivity index (χ2v) is 7.37. The molecule has 0 amide bonds. The van der Waals surface area contributed by atoms with Gasteiger partial charge in [0.25, 0.3) is 0 Å². The molecule has 1 atom stereocenters. The number of aliphatic hydroxyl groups is 1. The smallest absolute Gasteiger partial charge is 0.314 e. The van der Waals surface area contributed by atoms with Crippen LogP contribution >= 0.6 is 43.2 Å². The first-order valence-corrected chi connectivity index (χ1v) is 7.51. The summed E-state index contributed by atoms with van der Waals surface area (Å²) in [7, 11) is 0. The van der Waals surface area contributed by atoms with E-state index in [1.807, 2.05) is 0 Å². The van der Waals surface area contributed by atoms with E-state index in [1.165, 1.54) is 11.3 Å². The third kappa shape index (κ3) is 3.30. The van der Waals surface area contributed by atoms with Crippen molar-refractivity contribution in [2.24, 2.45) is 5.41 Å². The predicted molar refractivity (Wildman–Crippen MR) is 75.1 cm³/mol. The van der Waals surface area contributed by atoms with E-state index in [0.717, 1.165) is 13.1 Å². The van der Waals surface area contributed by atoms with Gasteiger partial charge in [-0.1, -0.05) is 0 Å². The lowest BCUT2D eigenvalue weighted by Gasteiger charge is -2.27. The summed E-state index contributed by atoms with van der Waals surface area (Å²) in [5.41, 5.74) is -0.959. The van der Waals surface area contributed by atoms with Gasteiger partial charge in [-0.15, -0.1) is 11.3 Å². The molecular weight excluding hydrogens is 372 g/mol. The summed E-state index contributed by atoms with van der Waals surface area (Å²) in [5.74, 6) is -0.395. The zero-order chi connectivity index (χ0) is 13.2. The summed E-state index contributed by atoms with van der Waals surface area (Å²) in [6, 6.07) is 1.81. The number of hydrogen-bond acceptors (Lipinski definition) is 4. The van der Waals surface area contributed by atoms with Crippen LogP contribution in [0.15, 0.2) is 14.3 Å². The lowest BCUT2D eigenvalue weighted by atomic mass is 9.86. The minimum atomic E-state index is -0.959. The number of carbonyl (C=O) groups excluding carboxylic acids is 1. The van der Waals surface area contributed by atoms with Crippen molar-refractivity contribution in [1.82, 2.24) is 0 Å². The van der Waals surface area contributed by atoms with Crippen molar-refractivity contribution in [3.05, 3.63) is 19.2 Å². The van der Waals surface area contributed by atoms with Gasteiger partial charge in [-0.05, 0) is 58.7 Å². The topological polar surface area (TPSA) is 46.5 Å². The number of hydrogen-bond donors (Lipinski definition) is 1. The second-order valence-electron chi connectivity index (χ2n) is 4.12. The maximum absolute atomic E-state index is 11.8. The van der Waals surface area contributed by atoms with Crippen LogP contribution in [-0.2, 0) is 9.53 Å². The molecule has 1 aromatic heterocycles. The highest BCUT2D eigenvalue weighted by Gasteiger charge is 2.39. The van der Waals surface area contributed by atoms with Gasteiger partial charge >= 0.3 is 5.97 Å². The Morgan fingerprint density at radius 3 is 2.59 bits per heavy atom. The minimum absolute atomic E-state index is 0.312. The maximum atomic E-state index is 11.8.